The number of nitrogens with one attached hydrogen (secondary N) is 1. The predicted octanol–water partition coefficient (Wildman–Crippen LogP) is 4.69. The summed E-state index contributed by atoms with van der Waals surface area (Å²) in [7, 11) is 0. The Morgan fingerprint density at radius 2 is 1.52 bits per heavy atom. The van der Waals surface area contributed by atoms with Gasteiger partial charge in [0.25, 0.3) is 0 Å². The smallest absolute Gasteiger partial charge is 0.0208 e. The molecule has 4 fully saturated rings. The molecule has 1 atom stereocenters. The minimum absolute atomic E-state index is 0.624. The first-order valence-corrected chi connectivity index (χ1v) is 8.92. The third-order valence-corrected chi connectivity index (χ3v) is 6.74. The first kappa shape index (κ1) is 13.8. The molecule has 21 heavy (non-hydrogen) atoms. The summed E-state index contributed by atoms with van der Waals surface area (Å²) in [6, 6.07) is 9.68. The summed E-state index contributed by atoms with van der Waals surface area (Å²) >= 11 is 0. The first-order valence-electron chi connectivity index (χ1n) is 8.92. The van der Waals surface area contributed by atoms with Gasteiger partial charge in [0.05, 0.1) is 0 Å². The molecule has 4 saturated carbocycles. The summed E-state index contributed by atoms with van der Waals surface area (Å²) in [6.45, 7) is 5.65. The van der Waals surface area contributed by atoms with Gasteiger partial charge in [-0.2, -0.15) is 0 Å². The van der Waals surface area contributed by atoms with Crippen LogP contribution in [0.4, 0.5) is 0 Å². The van der Waals surface area contributed by atoms with Gasteiger partial charge >= 0.3 is 0 Å². The Morgan fingerprint density at radius 1 is 1.00 bits per heavy atom. The van der Waals surface area contributed by atoms with Gasteiger partial charge in [-0.3, -0.25) is 0 Å². The van der Waals surface area contributed by atoms with Crippen LogP contribution in [0, 0.1) is 30.1 Å². The predicted molar refractivity (Wildman–Crippen MR) is 88.1 cm³/mol. The van der Waals surface area contributed by atoms with Gasteiger partial charge < -0.3 is 5.32 Å². The molecule has 0 spiro atoms. The lowest BCUT2D eigenvalue weighted by Crippen LogP contribution is -2.54. The maximum Gasteiger partial charge on any atom is 0.0208 e. The van der Waals surface area contributed by atoms with Crippen molar-refractivity contribution in [1.82, 2.24) is 5.32 Å². The summed E-state index contributed by atoms with van der Waals surface area (Å²) < 4.78 is 0. The molecule has 0 aromatic heterocycles. The van der Waals surface area contributed by atoms with E-state index in [1.54, 1.807) is 19.3 Å². The van der Waals surface area contributed by atoms with E-state index >= 15 is 0 Å². The molecule has 5 rings (SSSR count). The Morgan fingerprint density at radius 3 is 2.05 bits per heavy atom. The molecule has 4 aliphatic rings. The number of hydrogen-bond acceptors (Lipinski definition) is 1. The SMILES string of the molecule is Cc1ccc(CNC(C)C23CC4CC(CC(C4)C2)C3)cc1. The van der Waals surface area contributed by atoms with Crippen molar-refractivity contribution >= 4 is 0 Å². The summed E-state index contributed by atoms with van der Waals surface area (Å²) in [5.74, 6) is 3.17. The molecule has 4 aliphatic carbocycles. The zero-order valence-corrected chi connectivity index (χ0v) is 13.6. The molecule has 0 saturated heterocycles. The van der Waals surface area contributed by atoms with E-state index in [-0.39, 0.29) is 0 Å². The van der Waals surface area contributed by atoms with E-state index in [9.17, 15) is 0 Å². The van der Waals surface area contributed by atoms with Crippen LogP contribution in [0.1, 0.15) is 56.6 Å². The highest BCUT2D eigenvalue weighted by Crippen LogP contribution is 2.61. The van der Waals surface area contributed by atoms with Crippen molar-refractivity contribution in [2.75, 3.05) is 0 Å². The van der Waals surface area contributed by atoms with Crippen LogP contribution in [-0.4, -0.2) is 6.04 Å². The lowest BCUT2D eigenvalue weighted by Gasteiger charge is -2.59. The van der Waals surface area contributed by atoms with Gasteiger partial charge in [-0.05, 0) is 81.1 Å². The maximum atomic E-state index is 3.88. The highest BCUT2D eigenvalue weighted by atomic mass is 14.9. The van der Waals surface area contributed by atoms with Gasteiger partial charge in [-0.15, -0.1) is 0 Å². The summed E-state index contributed by atoms with van der Waals surface area (Å²) in [4.78, 5) is 0. The van der Waals surface area contributed by atoms with Gasteiger partial charge in [0.1, 0.15) is 0 Å². The topological polar surface area (TPSA) is 12.0 Å². The summed E-state index contributed by atoms with van der Waals surface area (Å²) in [5.41, 5.74) is 3.41. The molecule has 1 aromatic carbocycles. The summed E-state index contributed by atoms with van der Waals surface area (Å²) in [6.07, 6.45) is 9.14. The minimum Gasteiger partial charge on any atom is -0.310 e. The van der Waals surface area contributed by atoms with Crippen LogP contribution in [0.2, 0.25) is 0 Å². The Hall–Kier alpha value is -0.820. The number of hydrogen-bond donors (Lipinski definition) is 1. The zero-order chi connectivity index (χ0) is 14.4. The van der Waals surface area contributed by atoms with E-state index in [1.807, 2.05) is 0 Å². The molecule has 4 bridgehead atoms. The van der Waals surface area contributed by atoms with Crippen molar-refractivity contribution < 1.29 is 0 Å². The molecule has 0 aliphatic heterocycles. The third kappa shape index (κ3) is 2.54. The van der Waals surface area contributed by atoms with Crippen molar-refractivity contribution in [3.63, 3.8) is 0 Å². The van der Waals surface area contributed by atoms with E-state index in [0.717, 1.165) is 24.3 Å². The van der Waals surface area contributed by atoms with Crippen LogP contribution < -0.4 is 5.32 Å². The molecule has 0 radical (unpaired) electrons. The number of rotatable bonds is 4. The molecular weight excluding hydrogens is 254 g/mol. The lowest BCUT2D eigenvalue weighted by molar-refractivity contribution is -0.0706. The second-order valence-corrected chi connectivity index (χ2v) is 8.37. The average Bonchev–Trinajstić information content (AvgIpc) is 2.45. The normalized spacial score (nSPS) is 38.7. The monoisotopic (exact) mass is 283 g/mol. The van der Waals surface area contributed by atoms with Gasteiger partial charge in [-0.25, -0.2) is 0 Å². The van der Waals surface area contributed by atoms with E-state index in [4.69, 9.17) is 0 Å². The van der Waals surface area contributed by atoms with Crippen molar-refractivity contribution in [1.29, 1.82) is 0 Å². The lowest BCUT2D eigenvalue weighted by atomic mass is 9.48. The molecule has 1 N–H and O–H groups in total. The van der Waals surface area contributed by atoms with Crippen LogP contribution in [0.5, 0.6) is 0 Å². The fourth-order valence-corrected chi connectivity index (χ4v) is 5.90. The zero-order valence-electron chi connectivity index (χ0n) is 13.6. The second kappa shape index (κ2) is 5.12. The molecule has 1 nitrogen and oxygen atoms in total. The van der Waals surface area contributed by atoms with Gasteiger partial charge in [0.2, 0.25) is 0 Å². The molecule has 0 heterocycles. The van der Waals surface area contributed by atoms with Crippen molar-refractivity contribution in [2.45, 2.75) is 65.0 Å². The standard InChI is InChI=1S/C20H29N/c1-14-3-5-16(6-4-14)13-21-15(2)20-10-17-7-18(11-20)9-19(8-17)12-20/h3-6,15,17-19,21H,7-13H2,1-2H3. The van der Waals surface area contributed by atoms with Crippen molar-refractivity contribution in [3.8, 4) is 0 Å². The van der Waals surface area contributed by atoms with Gasteiger partial charge in [0, 0.05) is 12.6 Å². The quantitative estimate of drug-likeness (QED) is 0.845. The van der Waals surface area contributed by atoms with E-state index < -0.39 is 0 Å². The summed E-state index contributed by atoms with van der Waals surface area (Å²) in [5, 5.41) is 3.88. The number of aryl methyl sites for hydroxylation is 1. The highest BCUT2D eigenvalue weighted by Gasteiger charge is 2.52. The molecule has 1 aromatic rings. The fourth-order valence-electron chi connectivity index (χ4n) is 5.90. The third-order valence-electron chi connectivity index (χ3n) is 6.74. The first-order chi connectivity index (χ1) is 10.1. The Labute approximate surface area is 129 Å². The van der Waals surface area contributed by atoms with E-state index in [0.29, 0.717) is 11.5 Å². The van der Waals surface area contributed by atoms with Gasteiger partial charge in [0.15, 0.2) is 0 Å². The highest BCUT2D eigenvalue weighted by molar-refractivity contribution is 5.21. The van der Waals surface area contributed by atoms with E-state index in [1.165, 1.54) is 30.4 Å². The largest absolute Gasteiger partial charge is 0.310 e. The molecule has 114 valence electrons. The van der Waals surface area contributed by atoms with Crippen LogP contribution in [0.15, 0.2) is 24.3 Å². The van der Waals surface area contributed by atoms with Crippen LogP contribution >= 0.6 is 0 Å². The van der Waals surface area contributed by atoms with Crippen molar-refractivity contribution in [2.24, 2.45) is 23.2 Å². The molecule has 0 amide bonds. The van der Waals surface area contributed by atoms with Crippen LogP contribution in [0.3, 0.4) is 0 Å². The van der Waals surface area contributed by atoms with Gasteiger partial charge in [-0.1, -0.05) is 29.8 Å². The van der Waals surface area contributed by atoms with Crippen LogP contribution in [-0.2, 0) is 6.54 Å². The van der Waals surface area contributed by atoms with Crippen LogP contribution in [0.25, 0.3) is 0 Å². The van der Waals surface area contributed by atoms with Crippen molar-refractivity contribution in [3.05, 3.63) is 35.4 Å². The Balaban J connectivity index is 1.42. The fraction of sp³-hybridized carbons (Fsp3) is 0.700. The molecular formula is C20H29N. The number of benzene rings is 1. The van der Waals surface area contributed by atoms with E-state index in [2.05, 4.69) is 43.4 Å². The molecule has 1 heteroatoms. The molecule has 1 unspecified atom stereocenters. The maximum absolute atomic E-state index is 3.88. The second-order valence-electron chi connectivity index (χ2n) is 8.37. The average molecular weight is 283 g/mol. The Bertz CT molecular complexity index is 466. The minimum atomic E-state index is 0.624. The Kier molecular flexibility index (Phi) is 3.37.